The van der Waals surface area contributed by atoms with Gasteiger partial charge in [-0.15, -0.1) is 0 Å². The minimum atomic E-state index is -0.584. The van der Waals surface area contributed by atoms with Crippen LogP contribution in [0.1, 0.15) is 46.5 Å². The van der Waals surface area contributed by atoms with Crippen LogP contribution in [0.25, 0.3) is 0 Å². The molecule has 0 saturated heterocycles. The average Bonchev–Trinajstić information content (AvgIpc) is 2.49. The third kappa shape index (κ3) is 6.61. The normalized spacial score (nSPS) is 13.5. The van der Waals surface area contributed by atoms with Crippen LogP contribution in [0.15, 0.2) is 24.3 Å². The maximum absolute atomic E-state index is 12.8. The van der Waals surface area contributed by atoms with Gasteiger partial charge in [-0.25, -0.2) is 4.39 Å². The number of hydrogen-bond acceptors (Lipinski definition) is 2. The summed E-state index contributed by atoms with van der Waals surface area (Å²) in [7, 11) is 0. The van der Waals surface area contributed by atoms with Crippen LogP contribution < -0.4 is 10.1 Å². The van der Waals surface area contributed by atoms with Gasteiger partial charge in [0.1, 0.15) is 11.6 Å². The molecule has 0 aromatic heterocycles. The summed E-state index contributed by atoms with van der Waals surface area (Å²) in [6, 6.07) is 5.68. The van der Waals surface area contributed by atoms with E-state index in [4.69, 9.17) is 4.74 Å². The van der Waals surface area contributed by atoms with Crippen LogP contribution in [0, 0.1) is 11.7 Å². The Morgan fingerprint density at radius 3 is 2.52 bits per heavy atom. The van der Waals surface area contributed by atoms with Gasteiger partial charge in [0.25, 0.3) is 5.91 Å². The Kier molecular flexibility index (Phi) is 7.80. The number of halogens is 1. The van der Waals surface area contributed by atoms with Crippen LogP contribution in [0.2, 0.25) is 0 Å². The second-order valence-corrected chi connectivity index (χ2v) is 5.38. The summed E-state index contributed by atoms with van der Waals surface area (Å²) in [5.41, 5.74) is 0. The molecule has 0 aliphatic heterocycles. The smallest absolute Gasteiger partial charge is 0.260 e. The van der Waals surface area contributed by atoms with Crippen molar-refractivity contribution in [2.45, 2.75) is 52.6 Å². The van der Waals surface area contributed by atoms with E-state index in [0.717, 1.165) is 12.8 Å². The fraction of sp³-hybridized carbons (Fsp3) is 0.588. The molecule has 0 saturated carbocycles. The third-order valence-electron chi connectivity index (χ3n) is 3.60. The molecule has 0 fully saturated rings. The van der Waals surface area contributed by atoms with Crippen LogP contribution in [-0.2, 0) is 4.79 Å². The summed E-state index contributed by atoms with van der Waals surface area (Å²) >= 11 is 0. The summed E-state index contributed by atoms with van der Waals surface area (Å²) in [5, 5.41) is 2.94. The zero-order valence-corrected chi connectivity index (χ0v) is 13.2. The molecule has 4 heteroatoms. The number of amides is 1. The molecule has 0 heterocycles. The van der Waals surface area contributed by atoms with Crippen LogP contribution in [0.5, 0.6) is 5.75 Å². The number of ether oxygens (including phenoxy) is 1. The average molecular weight is 295 g/mol. The number of nitrogens with one attached hydrogen (secondary N) is 1. The Labute approximate surface area is 126 Å². The highest BCUT2D eigenvalue weighted by atomic mass is 19.1. The SMILES string of the molecule is CCCCC(CC)CNC(=O)C(C)Oc1ccc(F)cc1. The standard InChI is InChI=1S/C17H26FNO2/c1-4-6-7-14(5-2)12-19-17(20)13(3)21-16-10-8-15(18)9-11-16/h8-11,13-14H,4-7,12H2,1-3H3,(H,19,20). The third-order valence-corrected chi connectivity index (χ3v) is 3.60. The van der Waals surface area contributed by atoms with Gasteiger partial charge >= 0.3 is 0 Å². The number of carbonyl (C=O) groups excluding carboxylic acids is 1. The topological polar surface area (TPSA) is 38.3 Å². The van der Waals surface area contributed by atoms with Gasteiger partial charge < -0.3 is 10.1 Å². The molecule has 1 N–H and O–H groups in total. The summed E-state index contributed by atoms with van der Waals surface area (Å²) < 4.78 is 18.3. The first-order chi connectivity index (χ1) is 10.1. The largest absolute Gasteiger partial charge is 0.481 e. The molecule has 0 bridgehead atoms. The molecule has 2 atom stereocenters. The van der Waals surface area contributed by atoms with Crippen molar-refractivity contribution < 1.29 is 13.9 Å². The van der Waals surface area contributed by atoms with E-state index < -0.39 is 6.10 Å². The number of rotatable bonds is 9. The molecule has 1 amide bonds. The first-order valence-electron chi connectivity index (χ1n) is 7.76. The lowest BCUT2D eigenvalue weighted by Gasteiger charge is -2.18. The monoisotopic (exact) mass is 295 g/mol. The summed E-state index contributed by atoms with van der Waals surface area (Å²) in [5.74, 6) is 0.569. The van der Waals surface area contributed by atoms with Crippen LogP contribution in [0.4, 0.5) is 4.39 Å². The summed E-state index contributed by atoms with van der Waals surface area (Å²) in [6.07, 6.45) is 3.98. The van der Waals surface area contributed by atoms with E-state index in [-0.39, 0.29) is 11.7 Å². The van der Waals surface area contributed by atoms with Crippen LogP contribution in [0.3, 0.4) is 0 Å². The molecule has 1 aromatic rings. The van der Waals surface area contributed by atoms with Crippen molar-refractivity contribution in [2.75, 3.05) is 6.54 Å². The highest BCUT2D eigenvalue weighted by Crippen LogP contribution is 2.14. The zero-order chi connectivity index (χ0) is 15.7. The lowest BCUT2D eigenvalue weighted by molar-refractivity contribution is -0.127. The highest BCUT2D eigenvalue weighted by Gasteiger charge is 2.16. The second-order valence-electron chi connectivity index (χ2n) is 5.38. The van der Waals surface area contributed by atoms with Crippen molar-refractivity contribution in [3.8, 4) is 5.75 Å². The van der Waals surface area contributed by atoms with Gasteiger partial charge in [-0.3, -0.25) is 4.79 Å². The Morgan fingerprint density at radius 2 is 1.95 bits per heavy atom. The summed E-state index contributed by atoms with van der Waals surface area (Å²) in [4.78, 5) is 12.0. The lowest BCUT2D eigenvalue weighted by atomic mass is 9.99. The molecule has 2 unspecified atom stereocenters. The van der Waals surface area contributed by atoms with Gasteiger partial charge in [-0.05, 0) is 43.5 Å². The Balaban J connectivity index is 2.38. The zero-order valence-electron chi connectivity index (χ0n) is 13.2. The Bertz CT molecular complexity index is 419. The van der Waals surface area contributed by atoms with Gasteiger partial charge in [0.2, 0.25) is 0 Å². The quantitative estimate of drug-likeness (QED) is 0.749. The highest BCUT2D eigenvalue weighted by molar-refractivity contribution is 5.80. The van der Waals surface area contributed by atoms with Gasteiger partial charge in [0, 0.05) is 6.54 Å². The van der Waals surface area contributed by atoms with Crippen LogP contribution >= 0.6 is 0 Å². The summed E-state index contributed by atoms with van der Waals surface area (Å²) in [6.45, 7) is 6.70. The van der Waals surface area contributed by atoms with E-state index in [1.165, 1.54) is 37.1 Å². The van der Waals surface area contributed by atoms with Gasteiger partial charge in [0.15, 0.2) is 6.10 Å². The number of unbranched alkanes of at least 4 members (excludes halogenated alkanes) is 1. The van der Waals surface area contributed by atoms with Crippen molar-refractivity contribution >= 4 is 5.91 Å². The maximum atomic E-state index is 12.8. The minimum Gasteiger partial charge on any atom is -0.481 e. The molecule has 1 rings (SSSR count). The predicted molar refractivity (Wildman–Crippen MR) is 82.8 cm³/mol. The van der Waals surface area contributed by atoms with Crippen molar-refractivity contribution in [3.63, 3.8) is 0 Å². The molecule has 3 nitrogen and oxygen atoms in total. The van der Waals surface area contributed by atoms with E-state index in [2.05, 4.69) is 19.2 Å². The number of benzene rings is 1. The predicted octanol–water partition coefficient (Wildman–Crippen LogP) is 3.93. The van der Waals surface area contributed by atoms with Gasteiger partial charge in [-0.1, -0.05) is 33.1 Å². The minimum absolute atomic E-state index is 0.130. The molecule has 1 aromatic carbocycles. The Morgan fingerprint density at radius 1 is 1.29 bits per heavy atom. The molecule has 0 aliphatic rings. The van der Waals surface area contributed by atoms with Crippen molar-refractivity contribution in [3.05, 3.63) is 30.1 Å². The van der Waals surface area contributed by atoms with Crippen molar-refractivity contribution in [1.82, 2.24) is 5.32 Å². The van der Waals surface area contributed by atoms with Gasteiger partial charge in [0.05, 0.1) is 0 Å². The fourth-order valence-corrected chi connectivity index (χ4v) is 2.10. The lowest BCUT2D eigenvalue weighted by Crippen LogP contribution is -2.38. The van der Waals surface area contributed by atoms with E-state index in [0.29, 0.717) is 18.2 Å². The molecule has 21 heavy (non-hydrogen) atoms. The molecular weight excluding hydrogens is 269 g/mol. The Hall–Kier alpha value is -1.58. The fourth-order valence-electron chi connectivity index (χ4n) is 2.10. The second kappa shape index (κ2) is 9.37. The molecule has 0 aliphatic carbocycles. The van der Waals surface area contributed by atoms with E-state index in [1.54, 1.807) is 6.92 Å². The van der Waals surface area contributed by atoms with E-state index in [1.807, 2.05) is 0 Å². The van der Waals surface area contributed by atoms with E-state index >= 15 is 0 Å². The molecule has 0 spiro atoms. The van der Waals surface area contributed by atoms with Gasteiger partial charge in [-0.2, -0.15) is 0 Å². The first-order valence-corrected chi connectivity index (χ1v) is 7.76. The van der Waals surface area contributed by atoms with E-state index in [9.17, 15) is 9.18 Å². The van der Waals surface area contributed by atoms with Crippen molar-refractivity contribution in [1.29, 1.82) is 0 Å². The molecule has 118 valence electrons. The van der Waals surface area contributed by atoms with Crippen LogP contribution in [-0.4, -0.2) is 18.6 Å². The molecular formula is C17H26FNO2. The first kappa shape index (κ1) is 17.5. The van der Waals surface area contributed by atoms with Crippen molar-refractivity contribution in [2.24, 2.45) is 5.92 Å². The maximum Gasteiger partial charge on any atom is 0.260 e. The number of carbonyl (C=O) groups is 1. The number of hydrogen-bond donors (Lipinski definition) is 1. The molecule has 0 radical (unpaired) electrons.